The Hall–Kier alpha value is -1.54. The zero-order chi connectivity index (χ0) is 17.1. The molecule has 3 rings (SSSR count). The van der Waals surface area contributed by atoms with Gasteiger partial charge in [-0.2, -0.15) is 5.48 Å². The third kappa shape index (κ3) is 4.10. The van der Waals surface area contributed by atoms with Gasteiger partial charge in [-0.3, -0.25) is 9.63 Å². The fourth-order valence-corrected chi connectivity index (χ4v) is 3.26. The molecule has 2 saturated heterocycles. The number of nitrogens with one attached hydrogen (secondary N) is 2. The highest BCUT2D eigenvalue weighted by molar-refractivity contribution is 5.82. The van der Waals surface area contributed by atoms with E-state index >= 15 is 0 Å². The van der Waals surface area contributed by atoms with Gasteiger partial charge in [0, 0.05) is 33.1 Å². The van der Waals surface area contributed by atoms with Crippen molar-refractivity contribution in [3.63, 3.8) is 0 Å². The molecule has 0 saturated carbocycles. The van der Waals surface area contributed by atoms with Crippen molar-refractivity contribution in [2.24, 2.45) is 0 Å². The molecule has 0 radical (unpaired) electrons. The highest BCUT2D eigenvalue weighted by atomic mass is 19.1. The second-order valence-electron chi connectivity index (χ2n) is 6.58. The lowest BCUT2D eigenvalue weighted by molar-refractivity contribution is -0.124. The van der Waals surface area contributed by atoms with Gasteiger partial charge in [0.1, 0.15) is 11.9 Å². The van der Waals surface area contributed by atoms with Crippen LogP contribution in [0.4, 0.5) is 4.39 Å². The molecule has 2 aliphatic heterocycles. The third-order valence-corrected chi connectivity index (χ3v) is 4.65. The first-order valence-corrected chi connectivity index (χ1v) is 8.47. The van der Waals surface area contributed by atoms with E-state index in [-0.39, 0.29) is 29.9 Å². The summed E-state index contributed by atoms with van der Waals surface area (Å²) in [6, 6.07) is 6.39. The van der Waals surface area contributed by atoms with E-state index in [2.05, 4.69) is 20.8 Å². The van der Waals surface area contributed by atoms with Crippen molar-refractivity contribution in [2.45, 2.75) is 44.5 Å². The zero-order valence-electron chi connectivity index (χ0n) is 14.2. The normalized spacial score (nSPS) is 28.4. The molecular formula is C17H25FN4O2. The third-order valence-electron chi connectivity index (χ3n) is 4.65. The highest BCUT2D eigenvalue weighted by Gasteiger charge is 2.34. The molecule has 2 aliphatic rings. The van der Waals surface area contributed by atoms with Crippen molar-refractivity contribution in [1.29, 1.82) is 0 Å². The Kier molecular flexibility index (Phi) is 5.45. The number of halogens is 1. The van der Waals surface area contributed by atoms with Crippen molar-refractivity contribution < 1.29 is 14.0 Å². The quantitative estimate of drug-likeness (QED) is 0.842. The topological polar surface area (TPSA) is 56.8 Å². The fourth-order valence-electron chi connectivity index (χ4n) is 3.26. The summed E-state index contributed by atoms with van der Waals surface area (Å²) < 4.78 is 13.3. The van der Waals surface area contributed by atoms with Crippen molar-refractivity contribution in [2.75, 3.05) is 20.1 Å². The first-order chi connectivity index (χ1) is 11.5. The highest BCUT2D eigenvalue weighted by Crippen LogP contribution is 2.16. The summed E-state index contributed by atoms with van der Waals surface area (Å²) >= 11 is 0. The van der Waals surface area contributed by atoms with Crippen LogP contribution in [0.1, 0.15) is 25.3 Å². The Bertz CT molecular complexity index is 585. The van der Waals surface area contributed by atoms with Crippen LogP contribution in [-0.2, 0) is 16.2 Å². The maximum Gasteiger partial charge on any atom is 0.239 e. The average molecular weight is 336 g/mol. The van der Waals surface area contributed by atoms with Gasteiger partial charge in [-0.1, -0.05) is 19.1 Å². The second kappa shape index (κ2) is 7.57. The number of hydrogen-bond acceptors (Lipinski definition) is 5. The van der Waals surface area contributed by atoms with Gasteiger partial charge in [0.2, 0.25) is 5.91 Å². The molecule has 24 heavy (non-hydrogen) atoms. The van der Waals surface area contributed by atoms with Crippen LogP contribution in [-0.4, -0.2) is 54.2 Å². The lowest BCUT2D eigenvalue weighted by Crippen LogP contribution is -2.46. The molecule has 2 heterocycles. The molecule has 6 nitrogen and oxygen atoms in total. The maximum atomic E-state index is 13.3. The molecule has 0 aliphatic carbocycles. The van der Waals surface area contributed by atoms with Gasteiger partial charge in [0.25, 0.3) is 0 Å². The number of benzene rings is 1. The largest absolute Gasteiger partial charge is 0.349 e. The van der Waals surface area contributed by atoms with Crippen LogP contribution < -0.4 is 10.8 Å². The smallest absolute Gasteiger partial charge is 0.239 e. The first-order valence-electron chi connectivity index (χ1n) is 8.47. The Morgan fingerprint density at radius 3 is 3.00 bits per heavy atom. The summed E-state index contributed by atoms with van der Waals surface area (Å²) in [4.78, 5) is 17.7. The minimum Gasteiger partial charge on any atom is -0.349 e. The Labute approximate surface area is 141 Å². The molecule has 2 N–H and O–H groups in total. The molecule has 1 aromatic rings. The van der Waals surface area contributed by atoms with Crippen molar-refractivity contribution in [1.82, 2.24) is 20.8 Å². The number of nitrogens with zero attached hydrogens (tertiary/aromatic N) is 2. The predicted molar refractivity (Wildman–Crippen MR) is 88.1 cm³/mol. The van der Waals surface area contributed by atoms with Gasteiger partial charge in [0.15, 0.2) is 0 Å². The number of carbonyl (C=O) groups is 1. The van der Waals surface area contributed by atoms with E-state index in [9.17, 15) is 9.18 Å². The monoisotopic (exact) mass is 336 g/mol. The molecular weight excluding hydrogens is 311 g/mol. The van der Waals surface area contributed by atoms with Crippen molar-refractivity contribution >= 4 is 5.91 Å². The molecule has 7 heteroatoms. The molecule has 0 spiro atoms. The zero-order valence-corrected chi connectivity index (χ0v) is 14.2. The van der Waals surface area contributed by atoms with Crippen molar-refractivity contribution in [3.8, 4) is 0 Å². The number of hydrogen-bond donors (Lipinski definition) is 2. The molecule has 0 aromatic heterocycles. The summed E-state index contributed by atoms with van der Waals surface area (Å²) in [5.74, 6) is -0.242. The van der Waals surface area contributed by atoms with Gasteiger partial charge in [-0.05, 0) is 24.1 Å². The number of carbonyl (C=O) groups excluding carboxylic acids is 1. The Morgan fingerprint density at radius 1 is 1.46 bits per heavy atom. The lowest BCUT2D eigenvalue weighted by Gasteiger charge is -2.23. The van der Waals surface area contributed by atoms with E-state index in [1.807, 2.05) is 20.0 Å². The summed E-state index contributed by atoms with van der Waals surface area (Å²) in [6.45, 7) is 4.13. The Balaban J connectivity index is 1.51. The van der Waals surface area contributed by atoms with Crippen LogP contribution >= 0.6 is 0 Å². The van der Waals surface area contributed by atoms with Crippen LogP contribution in [0, 0.1) is 5.82 Å². The molecule has 3 unspecified atom stereocenters. The van der Waals surface area contributed by atoms with Gasteiger partial charge >= 0.3 is 0 Å². The fraction of sp³-hybridized carbons (Fsp3) is 0.588. The van der Waals surface area contributed by atoms with Gasteiger partial charge in [-0.25, -0.2) is 14.4 Å². The SMILES string of the molecule is CCC1CC(C(=O)NC2CN(C)N(Cc3cccc(F)c3)C2)NO1. The minimum atomic E-state index is -0.280. The van der Waals surface area contributed by atoms with E-state index in [0.29, 0.717) is 19.5 Å². The summed E-state index contributed by atoms with van der Waals surface area (Å²) in [5.41, 5.74) is 3.74. The first kappa shape index (κ1) is 17.3. The minimum absolute atomic E-state index is 0.0167. The molecule has 1 aromatic carbocycles. The maximum absolute atomic E-state index is 13.3. The summed E-state index contributed by atoms with van der Waals surface area (Å²) in [5, 5.41) is 7.28. The van der Waals surface area contributed by atoms with Crippen LogP contribution in [0.3, 0.4) is 0 Å². The van der Waals surface area contributed by atoms with Crippen LogP contribution in [0.25, 0.3) is 0 Å². The molecule has 0 bridgehead atoms. The molecule has 2 fully saturated rings. The van der Waals surface area contributed by atoms with E-state index in [1.165, 1.54) is 6.07 Å². The Morgan fingerprint density at radius 2 is 2.29 bits per heavy atom. The number of rotatable bonds is 5. The van der Waals surface area contributed by atoms with Crippen LogP contribution in [0.15, 0.2) is 24.3 Å². The lowest BCUT2D eigenvalue weighted by atomic mass is 10.1. The molecule has 132 valence electrons. The van der Waals surface area contributed by atoms with Gasteiger partial charge in [-0.15, -0.1) is 0 Å². The summed E-state index contributed by atoms with van der Waals surface area (Å²) in [7, 11) is 1.98. The molecule has 3 atom stereocenters. The number of hydrazine groups is 1. The number of amides is 1. The van der Waals surface area contributed by atoms with Crippen molar-refractivity contribution in [3.05, 3.63) is 35.6 Å². The number of hydroxylamine groups is 1. The van der Waals surface area contributed by atoms with E-state index in [1.54, 1.807) is 12.1 Å². The van der Waals surface area contributed by atoms with Gasteiger partial charge < -0.3 is 5.32 Å². The molecule has 1 amide bonds. The average Bonchev–Trinajstić information content (AvgIpc) is 3.15. The van der Waals surface area contributed by atoms with Crippen LogP contribution in [0.2, 0.25) is 0 Å². The van der Waals surface area contributed by atoms with Crippen LogP contribution in [0.5, 0.6) is 0 Å². The predicted octanol–water partition coefficient (Wildman–Crippen LogP) is 1.04. The summed E-state index contributed by atoms with van der Waals surface area (Å²) in [6.07, 6.45) is 1.71. The van der Waals surface area contributed by atoms with E-state index in [4.69, 9.17) is 4.84 Å². The number of likely N-dealkylation sites (N-methyl/N-ethyl adjacent to an activating group) is 1. The standard InChI is InChI=1S/C17H25FN4O2/c1-3-15-8-16(20-24-15)17(23)19-14-10-21(2)22(11-14)9-12-5-4-6-13(18)7-12/h4-7,14-16,20H,3,8-11H2,1-2H3,(H,19,23). The van der Waals surface area contributed by atoms with E-state index < -0.39 is 0 Å². The van der Waals surface area contributed by atoms with E-state index in [0.717, 1.165) is 18.5 Å². The van der Waals surface area contributed by atoms with Gasteiger partial charge in [0.05, 0.1) is 12.1 Å². The second-order valence-corrected chi connectivity index (χ2v) is 6.58.